The molecule has 0 spiro atoms. The Morgan fingerprint density at radius 3 is 2.79 bits per heavy atom. The van der Waals surface area contributed by atoms with Gasteiger partial charge < -0.3 is 22.1 Å². The van der Waals surface area contributed by atoms with Crippen molar-refractivity contribution in [2.75, 3.05) is 10.6 Å². The molecule has 0 aliphatic rings. The van der Waals surface area contributed by atoms with Crippen LogP contribution in [0.2, 0.25) is 0 Å². The molecule has 0 saturated carbocycles. The molecule has 0 aliphatic heterocycles. The lowest BCUT2D eigenvalue weighted by molar-refractivity contribution is 1.35. The topological polar surface area (TPSA) is 113 Å². The summed E-state index contributed by atoms with van der Waals surface area (Å²) < 4.78 is 0. The van der Waals surface area contributed by atoms with Gasteiger partial charge in [-0.05, 0) is 24.4 Å². The first-order chi connectivity index (χ1) is 9.04. The van der Waals surface area contributed by atoms with Crippen LogP contribution in [-0.2, 0) is 0 Å². The van der Waals surface area contributed by atoms with E-state index in [1.54, 1.807) is 0 Å². The molecule has 2 aromatic rings. The number of thiocarbonyl (C=S) groups is 1. The summed E-state index contributed by atoms with van der Waals surface area (Å²) in [5.41, 5.74) is 13.2. The van der Waals surface area contributed by atoms with Crippen molar-refractivity contribution in [1.29, 1.82) is 5.41 Å². The summed E-state index contributed by atoms with van der Waals surface area (Å²) >= 11 is 6.17. The largest absolute Gasteiger partial charge is 0.376 e. The molecule has 0 aliphatic carbocycles. The molecular weight excluding hydrogens is 280 g/mol. The third-order valence-corrected chi connectivity index (χ3v) is 3.03. The van der Waals surface area contributed by atoms with Crippen LogP contribution in [0.5, 0.6) is 0 Å². The van der Waals surface area contributed by atoms with E-state index in [0.717, 1.165) is 16.9 Å². The van der Waals surface area contributed by atoms with E-state index in [0.29, 0.717) is 5.13 Å². The fourth-order valence-electron chi connectivity index (χ4n) is 1.48. The molecule has 1 aromatic carbocycles. The highest BCUT2D eigenvalue weighted by Crippen LogP contribution is 2.26. The summed E-state index contributed by atoms with van der Waals surface area (Å²) in [4.78, 5) is 4.34. The van der Waals surface area contributed by atoms with Crippen LogP contribution < -0.4 is 22.1 Å². The molecule has 0 fully saturated rings. The molecule has 8 heteroatoms. The van der Waals surface area contributed by atoms with Gasteiger partial charge in [-0.3, -0.25) is 5.41 Å². The number of nitrogens with two attached hydrogens (primary N) is 2. The second-order valence-electron chi connectivity index (χ2n) is 3.65. The van der Waals surface area contributed by atoms with Gasteiger partial charge in [-0.15, -0.1) is 11.3 Å². The predicted molar refractivity (Wildman–Crippen MR) is 83.5 cm³/mol. The lowest BCUT2D eigenvalue weighted by Gasteiger charge is -2.05. The lowest BCUT2D eigenvalue weighted by Crippen LogP contribution is -2.20. The zero-order valence-electron chi connectivity index (χ0n) is 9.81. The molecule has 6 nitrogen and oxygen atoms in total. The van der Waals surface area contributed by atoms with Crippen LogP contribution in [0.3, 0.4) is 0 Å². The number of anilines is 2. The monoisotopic (exact) mass is 292 g/mol. The van der Waals surface area contributed by atoms with Gasteiger partial charge in [-0.25, -0.2) is 4.98 Å². The van der Waals surface area contributed by atoms with Gasteiger partial charge in [0.15, 0.2) is 16.2 Å². The van der Waals surface area contributed by atoms with Crippen LogP contribution in [0, 0.1) is 5.41 Å². The fourth-order valence-corrected chi connectivity index (χ4v) is 2.33. The Kier molecular flexibility index (Phi) is 3.93. The summed E-state index contributed by atoms with van der Waals surface area (Å²) in [7, 11) is 0. The van der Waals surface area contributed by atoms with Gasteiger partial charge in [0.25, 0.3) is 0 Å². The van der Waals surface area contributed by atoms with E-state index in [4.69, 9.17) is 29.1 Å². The quantitative estimate of drug-likeness (QED) is 0.335. The van der Waals surface area contributed by atoms with E-state index in [2.05, 4.69) is 15.6 Å². The van der Waals surface area contributed by atoms with Gasteiger partial charge in [-0.1, -0.05) is 12.1 Å². The summed E-state index contributed by atoms with van der Waals surface area (Å²) in [5.74, 6) is -0.134. The van der Waals surface area contributed by atoms with Gasteiger partial charge in [-0.2, -0.15) is 0 Å². The average molecular weight is 292 g/mol. The van der Waals surface area contributed by atoms with E-state index in [1.807, 2.05) is 29.6 Å². The van der Waals surface area contributed by atoms with E-state index in [1.165, 1.54) is 11.3 Å². The molecule has 0 amide bonds. The number of hydrogen-bond acceptors (Lipinski definition) is 4. The summed E-state index contributed by atoms with van der Waals surface area (Å²) in [6, 6.07) is 7.57. The van der Waals surface area contributed by atoms with Crippen molar-refractivity contribution in [1.82, 2.24) is 4.98 Å². The van der Waals surface area contributed by atoms with Crippen molar-refractivity contribution in [3.63, 3.8) is 0 Å². The van der Waals surface area contributed by atoms with E-state index < -0.39 is 0 Å². The predicted octanol–water partition coefficient (Wildman–Crippen LogP) is 1.77. The first-order valence-electron chi connectivity index (χ1n) is 5.28. The number of rotatable bonds is 3. The maximum atomic E-state index is 7.15. The molecule has 1 heterocycles. The molecule has 7 N–H and O–H groups in total. The Bertz CT molecular complexity index is 621. The summed E-state index contributed by atoms with van der Waals surface area (Å²) in [6.07, 6.45) is 0. The van der Waals surface area contributed by atoms with Crippen molar-refractivity contribution in [2.24, 2.45) is 11.5 Å². The summed E-state index contributed by atoms with van der Waals surface area (Å²) in [5, 5.41) is 15.4. The number of benzene rings is 1. The highest BCUT2D eigenvalue weighted by molar-refractivity contribution is 7.80. The Balaban J connectivity index is 2.23. The zero-order chi connectivity index (χ0) is 13.8. The van der Waals surface area contributed by atoms with Crippen LogP contribution in [0.15, 0.2) is 29.6 Å². The van der Waals surface area contributed by atoms with Crippen molar-refractivity contribution in [3.05, 3.63) is 29.6 Å². The average Bonchev–Trinajstić information content (AvgIpc) is 2.76. The molecule has 2 rings (SSSR count). The third kappa shape index (κ3) is 3.63. The van der Waals surface area contributed by atoms with Gasteiger partial charge in [0.05, 0.1) is 5.69 Å². The van der Waals surface area contributed by atoms with E-state index in [-0.39, 0.29) is 11.1 Å². The Labute approximate surface area is 119 Å². The SMILES string of the molecule is N=C(N)Nc1nc(-c2cccc(NC(N)=S)c2)cs1. The number of thiazole rings is 1. The minimum Gasteiger partial charge on any atom is -0.376 e. The van der Waals surface area contributed by atoms with E-state index >= 15 is 0 Å². The van der Waals surface area contributed by atoms with Crippen molar-refractivity contribution < 1.29 is 0 Å². The van der Waals surface area contributed by atoms with E-state index in [9.17, 15) is 0 Å². The minimum atomic E-state index is -0.134. The Morgan fingerprint density at radius 1 is 1.32 bits per heavy atom. The van der Waals surface area contributed by atoms with Gasteiger partial charge in [0, 0.05) is 16.6 Å². The van der Waals surface area contributed by atoms with Crippen molar-refractivity contribution in [2.45, 2.75) is 0 Å². The highest BCUT2D eigenvalue weighted by atomic mass is 32.1. The fraction of sp³-hybridized carbons (Fsp3) is 0. The zero-order valence-corrected chi connectivity index (χ0v) is 11.4. The van der Waals surface area contributed by atoms with Crippen LogP contribution in [0.1, 0.15) is 0 Å². The van der Waals surface area contributed by atoms with Crippen LogP contribution in [-0.4, -0.2) is 16.1 Å². The number of aromatic nitrogens is 1. The van der Waals surface area contributed by atoms with Crippen LogP contribution in [0.4, 0.5) is 10.8 Å². The van der Waals surface area contributed by atoms with Crippen molar-refractivity contribution in [3.8, 4) is 11.3 Å². The molecule has 19 heavy (non-hydrogen) atoms. The Morgan fingerprint density at radius 2 is 2.11 bits per heavy atom. The number of nitrogens with one attached hydrogen (secondary N) is 3. The Hall–Kier alpha value is -2.19. The smallest absolute Gasteiger partial charge is 0.192 e. The normalized spacial score (nSPS) is 9.89. The molecule has 0 radical (unpaired) electrons. The minimum absolute atomic E-state index is 0.134. The second kappa shape index (κ2) is 5.63. The van der Waals surface area contributed by atoms with Crippen LogP contribution in [0.25, 0.3) is 11.3 Å². The number of hydrogen-bond donors (Lipinski definition) is 5. The van der Waals surface area contributed by atoms with Crippen LogP contribution >= 0.6 is 23.6 Å². The first-order valence-corrected chi connectivity index (χ1v) is 6.57. The molecule has 0 saturated heterocycles. The molecule has 98 valence electrons. The molecule has 0 atom stereocenters. The molecule has 0 bridgehead atoms. The highest BCUT2D eigenvalue weighted by Gasteiger charge is 2.06. The van der Waals surface area contributed by atoms with Gasteiger partial charge >= 0.3 is 0 Å². The molecular formula is C11H12N6S2. The summed E-state index contributed by atoms with van der Waals surface area (Å²) in [6.45, 7) is 0. The first kappa shape index (κ1) is 13.2. The third-order valence-electron chi connectivity index (χ3n) is 2.17. The van der Waals surface area contributed by atoms with Gasteiger partial charge in [0.1, 0.15) is 0 Å². The second-order valence-corrected chi connectivity index (χ2v) is 4.94. The standard InChI is InChI=1S/C11H12N6S2/c12-9(13)17-11-16-8(5-19-11)6-2-1-3-7(4-6)15-10(14)18/h1-5H,(H3,14,15,18)(H4,12,13,16,17). The number of nitrogens with zero attached hydrogens (tertiary/aromatic N) is 1. The molecule has 0 unspecified atom stereocenters. The van der Waals surface area contributed by atoms with Crippen molar-refractivity contribution >= 4 is 45.4 Å². The van der Waals surface area contributed by atoms with Gasteiger partial charge in [0.2, 0.25) is 0 Å². The maximum Gasteiger partial charge on any atom is 0.192 e. The molecule has 1 aromatic heterocycles. The number of guanidine groups is 1. The lowest BCUT2D eigenvalue weighted by atomic mass is 10.1. The maximum absolute atomic E-state index is 7.15.